The lowest BCUT2D eigenvalue weighted by molar-refractivity contribution is 0.423. The Bertz CT molecular complexity index is 500. The fraction of sp³-hybridized carbons (Fsp3) is 0.0833. The van der Waals surface area contributed by atoms with E-state index in [1.54, 1.807) is 12.3 Å². The molecular weight excluding hydrogens is 188 g/mol. The van der Waals surface area contributed by atoms with Crippen LogP contribution in [0.15, 0.2) is 46.9 Å². The number of benzene rings is 1. The zero-order chi connectivity index (χ0) is 10.3. The van der Waals surface area contributed by atoms with E-state index in [9.17, 15) is 5.11 Å². The average Bonchev–Trinajstić information content (AvgIpc) is 2.30. The van der Waals surface area contributed by atoms with Crippen molar-refractivity contribution in [3.63, 3.8) is 0 Å². The Labute approximate surface area is 87.7 Å². The van der Waals surface area contributed by atoms with Crippen molar-refractivity contribution in [3.8, 4) is 0 Å². The Morgan fingerprint density at radius 3 is 3.07 bits per heavy atom. The SMILES string of the molecule is OC1=Cc2ccccc2N2CC=NC=C12. The molecule has 3 heteroatoms. The van der Waals surface area contributed by atoms with Crippen LogP contribution in [0.3, 0.4) is 0 Å². The van der Waals surface area contributed by atoms with Crippen LogP contribution in [0.5, 0.6) is 0 Å². The first kappa shape index (κ1) is 8.29. The maximum atomic E-state index is 9.83. The lowest BCUT2D eigenvalue weighted by atomic mass is 10.0. The van der Waals surface area contributed by atoms with Crippen LogP contribution in [-0.2, 0) is 0 Å². The Morgan fingerprint density at radius 2 is 2.13 bits per heavy atom. The maximum Gasteiger partial charge on any atom is 0.141 e. The summed E-state index contributed by atoms with van der Waals surface area (Å²) in [6, 6.07) is 8.01. The molecule has 1 aromatic carbocycles. The summed E-state index contributed by atoms with van der Waals surface area (Å²) in [5.41, 5.74) is 2.94. The number of anilines is 1. The predicted molar refractivity (Wildman–Crippen MR) is 61.0 cm³/mol. The van der Waals surface area contributed by atoms with Gasteiger partial charge in [0.05, 0.1) is 12.7 Å². The molecule has 74 valence electrons. The quantitative estimate of drug-likeness (QED) is 0.694. The standard InChI is InChI=1S/C12H10N2O/c15-12-7-9-3-1-2-4-10(9)14-6-5-13-8-11(12)14/h1-5,7-8,15H,6H2. The van der Waals surface area contributed by atoms with Crippen LogP contribution in [0.2, 0.25) is 0 Å². The van der Waals surface area contributed by atoms with E-state index >= 15 is 0 Å². The van der Waals surface area contributed by atoms with Crippen LogP contribution >= 0.6 is 0 Å². The summed E-state index contributed by atoms with van der Waals surface area (Å²) in [5, 5.41) is 9.83. The molecule has 0 radical (unpaired) electrons. The van der Waals surface area contributed by atoms with Gasteiger partial charge in [0.1, 0.15) is 11.5 Å². The topological polar surface area (TPSA) is 35.8 Å². The average molecular weight is 198 g/mol. The fourth-order valence-corrected chi connectivity index (χ4v) is 1.93. The predicted octanol–water partition coefficient (Wildman–Crippen LogP) is 2.33. The zero-order valence-corrected chi connectivity index (χ0v) is 8.09. The van der Waals surface area contributed by atoms with Crippen molar-refractivity contribution in [2.24, 2.45) is 4.99 Å². The van der Waals surface area contributed by atoms with Gasteiger partial charge >= 0.3 is 0 Å². The highest BCUT2D eigenvalue weighted by Gasteiger charge is 2.23. The number of hydrogen-bond donors (Lipinski definition) is 1. The van der Waals surface area contributed by atoms with Crippen molar-refractivity contribution in [2.45, 2.75) is 0 Å². The molecule has 2 aliphatic rings. The Hall–Kier alpha value is -2.03. The number of aliphatic hydroxyl groups excluding tert-OH is 1. The molecule has 0 bridgehead atoms. The molecule has 2 heterocycles. The highest BCUT2D eigenvalue weighted by Crippen LogP contribution is 2.34. The molecule has 1 N–H and O–H groups in total. The van der Waals surface area contributed by atoms with Crippen LogP contribution in [0, 0.1) is 0 Å². The highest BCUT2D eigenvalue weighted by atomic mass is 16.3. The van der Waals surface area contributed by atoms with E-state index in [1.807, 2.05) is 30.5 Å². The normalized spacial score (nSPS) is 17.7. The number of nitrogens with zero attached hydrogens (tertiary/aromatic N) is 2. The molecule has 0 aliphatic carbocycles. The minimum atomic E-state index is 0.283. The van der Waals surface area contributed by atoms with Crippen molar-refractivity contribution in [1.29, 1.82) is 0 Å². The summed E-state index contributed by atoms with van der Waals surface area (Å²) in [6.45, 7) is 0.709. The Balaban J connectivity index is 2.22. The van der Waals surface area contributed by atoms with Crippen molar-refractivity contribution >= 4 is 18.0 Å². The minimum absolute atomic E-state index is 0.283. The number of hydrogen-bond acceptors (Lipinski definition) is 3. The van der Waals surface area contributed by atoms with Gasteiger partial charge in [-0.1, -0.05) is 18.2 Å². The number of fused-ring (bicyclic) bond motifs is 3. The van der Waals surface area contributed by atoms with Crippen LogP contribution in [0.25, 0.3) is 6.08 Å². The Morgan fingerprint density at radius 1 is 1.27 bits per heavy atom. The van der Waals surface area contributed by atoms with Crippen molar-refractivity contribution < 1.29 is 5.11 Å². The molecule has 0 amide bonds. The van der Waals surface area contributed by atoms with Gasteiger partial charge in [0.15, 0.2) is 0 Å². The molecule has 1 aromatic rings. The van der Waals surface area contributed by atoms with Gasteiger partial charge in [0.2, 0.25) is 0 Å². The number of rotatable bonds is 0. The van der Waals surface area contributed by atoms with Gasteiger partial charge in [-0.05, 0) is 12.1 Å². The van der Waals surface area contributed by atoms with Gasteiger partial charge in [-0.3, -0.25) is 4.99 Å². The van der Waals surface area contributed by atoms with E-state index in [2.05, 4.69) is 9.89 Å². The first-order chi connectivity index (χ1) is 7.36. The molecule has 0 unspecified atom stereocenters. The number of para-hydroxylation sites is 1. The van der Waals surface area contributed by atoms with E-state index in [4.69, 9.17) is 0 Å². The summed E-state index contributed by atoms with van der Waals surface area (Å²) in [4.78, 5) is 6.11. The van der Waals surface area contributed by atoms with Gasteiger partial charge in [0, 0.05) is 17.5 Å². The summed E-state index contributed by atoms with van der Waals surface area (Å²) in [7, 11) is 0. The summed E-state index contributed by atoms with van der Waals surface area (Å²) < 4.78 is 0. The number of aliphatic imine (C=N–C) groups is 1. The number of aliphatic hydroxyl groups is 1. The van der Waals surface area contributed by atoms with Gasteiger partial charge in [-0.2, -0.15) is 0 Å². The maximum absolute atomic E-state index is 9.83. The summed E-state index contributed by atoms with van der Waals surface area (Å²) in [5.74, 6) is 0.283. The monoisotopic (exact) mass is 198 g/mol. The molecule has 2 aliphatic heterocycles. The molecule has 0 saturated heterocycles. The van der Waals surface area contributed by atoms with E-state index in [0.29, 0.717) is 6.54 Å². The third kappa shape index (κ3) is 1.16. The zero-order valence-electron chi connectivity index (χ0n) is 8.09. The highest BCUT2D eigenvalue weighted by molar-refractivity contribution is 5.83. The van der Waals surface area contributed by atoms with Gasteiger partial charge < -0.3 is 10.0 Å². The lowest BCUT2D eigenvalue weighted by Crippen LogP contribution is -2.30. The van der Waals surface area contributed by atoms with Crippen LogP contribution < -0.4 is 4.90 Å². The van der Waals surface area contributed by atoms with Crippen molar-refractivity contribution in [2.75, 3.05) is 11.4 Å². The molecule has 3 nitrogen and oxygen atoms in total. The first-order valence-corrected chi connectivity index (χ1v) is 4.86. The lowest BCUT2D eigenvalue weighted by Gasteiger charge is -2.31. The fourth-order valence-electron chi connectivity index (χ4n) is 1.93. The molecule has 0 atom stereocenters. The third-order valence-electron chi connectivity index (χ3n) is 2.64. The van der Waals surface area contributed by atoms with E-state index in [0.717, 1.165) is 16.9 Å². The third-order valence-corrected chi connectivity index (χ3v) is 2.64. The van der Waals surface area contributed by atoms with Gasteiger partial charge in [0.25, 0.3) is 0 Å². The second kappa shape index (κ2) is 2.98. The molecule has 3 rings (SSSR count). The Kier molecular flexibility index (Phi) is 1.65. The van der Waals surface area contributed by atoms with Gasteiger partial charge in [-0.15, -0.1) is 0 Å². The second-order valence-corrected chi connectivity index (χ2v) is 3.54. The molecule has 15 heavy (non-hydrogen) atoms. The van der Waals surface area contributed by atoms with Crippen molar-refractivity contribution in [1.82, 2.24) is 0 Å². The van der Waals surface area contributed by atoms with E-state index in [-0.39, 0.29) is 5.76 Å². The summed E-state index contributed by atoms with van der Waals surface area (Å²) >= 11 is 0. The minimum Gasteiger partial charge on any atom is -0.506 e. The summed E-state index contributed by atoms with van der Waals surface area (Å²) in [6.07, 6.45) is 5.29. The van der Waals surface area contributed by atoms with Crippen LogP contribution in [-0.4, -0.2) is 17.9 Å². The van der Waals surface area contributed by atoms with E-state index < -0.39 is 0 Å². The second-order valence-electron chi connectivity index (χ2n) is 3.54. The van der Waals surface area contributed by atoms with Crippen LogP contribution in [0.4, 0.5) is 5.69 Å². The first-order valence-electron chi connectivity index (χ1n) is 4.86. The molecule has 0 spiro atoms. The van der Waals surface area contributed by atoms with Crippen LogP contribution in [0.1, 0.15) is 5.56 Å². The van der Waals surface area contributed by atoms with Gasteiger partial charge in [-0.25, -0.2) is 0 Å². The molecule has 0 aromatic heterocycles. The van der Waals surface area contributed by atoms with Crippen molar-refractivity contribution in [3.05, 3.63) is 47.5 Å². The molecular formula is C12H10N2O. The van der Waals surface area contributed by atoms with E-state index in [1.165, 1.54) is 0 Å². The molecule has 0 fully saturated rings. The largest absolute Gasteiger partial charge is 0.506 e. The molecule has 0 saturated carbocycles. The smallest absolute Gasteiger partial charge is 0.141 e.